The molecule has 1 aliphatic heterocycles. The molecule has 0 aromatic carbocycles. The first-order chi connectivity index (χ1) is 11.7. The number of hydrogen-bond acceptors (Lipinski definition) is 4. The summed E-state index contributed by atoms with van der Waals surface area (Å²) in [6.45, 7) is 5.03. The van der Waals surface area contributed by atoms with Gasteiger partial charge in [-0.15, -0.1) is 24.0 Å². The first kappa shape index (κ1) is 24.8. The van der Waals surface area contributed by atoms with Crippen molar-refractivity contribution in [2.45, 2.75) is 38.5 Å². The lowest BCUT2D eigenvalue weighted by Gasteiger charge is -2.30. The molecule has 1 amide bonds. The summed E-state index contributed by atoms with van der Waals surface area (Å²) in [5.41, 5.74) is 5.37. The molecule has 1 rings (SSSR count). The van der Waals surface area contributed by atoms with Gasteiger partial charge >= 0.3 is 0 Å². The zero-order chi connectivity index (χ0) is 17.6. The number of nitrogens with one attached hydrogen (secondary N) is 2. The molecule has 6 nitrogen and oxygen atoms in total. The molecule has 4 N–H and O–H groups in total. The lowest BCUT2D eigenvalue weighted by molar-refractivity contribution is -0.123. The molecule has 1 fully saturated rings. The second-order valence-electron chi connectivity index (χ2n) is 6.35. The van der Waals surface area contributed by atoms with Crippen LogP contribution in [0.1, 0.15) is 38.5 Å². The van der Waals surface area contributed by atoms with Crippen LogP contribution in [-0.2, 0) is 4.79 Å². The van der Waals surface area contributed by atoms with Gasteiger partial charge in [-0.05, 0) is 70.2 Å². The topological polar surface area (TPSA) is 82.8 Å². The summed E-state index contributed by atoms with van der Waals surface area (Å²) < 4.78 is 0. The second kappa shape index (κ2) is 16.0. The van der Waals surface area contributed by atoms with Gasteiger partial charge in [-0.2, -0.15) is 11.8 Å². The molecule has 1 saturated heterocycles. The molecule has 0 atom stereocenters. The fourth-order valence-corrected chi connectivity index (χ4v) is 3.40. The summed E-state index contributed by atoms with van der Waals surface area (Å²) in [6.07, 6.45) is 8.71. The SMILES string of the molecule is CN=C(NCCCCSC)NCCCCN1CCC(C(N)=O)CC1.I. The first-order valence-electron chi connectivity index (χ1n) is 9.12. The van der Waals surface area contributed by atoms with E-state index in [-0.39, 0.29) is 35.8 Å². The number of halogens is 1. The van der Waals surface area contributed by atoms with E-state index in [1.165, 1.54) is 25.0 Å². The molecule has 0 unspecified atom stereocenters. The maximum Gasteiger partial charge on any atom is 0.220 e. The van der Waals surface area contributed by atoms with Crippen LogP contribution in [0.5, 0.6) is 0 Å². The highest BCUT2D eigenvalue weighted by molar-refractivity contribution is 14.0. The number of nitrogens with zero attached hydrogens (tertiary/aromatic N) is 2. The zero-order valence-electron chi connectivity index (χ0n) is 15.8. The minimum atomic E-state index is -0.133. The van der Waals surface area contributed by atoms with Crippen molar-refractivity contribution in [3.63, 3.8) is 0 Å². The maximum absolute atomic E-state index is 11.2. The molecule has 1 aliphatic rings. The van der Waals surface area contributed by atoms with Crippen LogP contribution < -0.4 is 16.4 Å². The summed E-state index contributed by atoms with van der Waals surface area (Å²) in [6, 6.07) is 0. The minimum Gasteiger partial charge on any atom is -0.369 e. The molecule has 0 saturated carbocycles. The monoisotopic (exact) mass is 485 g/mol. The molecular formula is C17H36IN5OS. The summed E-state index contributed by atoms with van der Waals surface area (Å²) in [5, 5.41) is 6.73. The van der Waals surface area contributed by atoms with Crippen molar-refractivity contribution in [3.05, 3.63) is 0 Å². The van der Waals surface area contributed by atoms with Gasteiger partial charge in [0.2, 0.25) is 5.91 Å². The summed E-state index contributed by atoms with van der Waals surface area (Å²) in [5.74, 6) is 2.09. The average Bonchev–Trinajstić information content (AvgIpc) is 2.59. The summed E-state index contributed by atoms with van der Waals surface area (Å²) in [7, 11) is 1.82. The Balaban J connectivity index is 0.00000576. The molecular weight excluding hydrogens is 449 g/mol. The Hall–Kier alpha value is -0.220. The van der Waals surface area contributed by atoms with Crippen molar-refractivity contribution in [1.82, 2.24) is 15.5 Å². The van der Waals surface area contributed by atoms with Gasteiger partial charge in [0.15, 0.2) is 5.96 Å². The number of carbonyl (C=O) groups excluding carboxylic acids is 1. The molecule has 0 bridgehead atoms. The molecule has 1 heterocycles. The van der Waals surface area contributed by atoms with E-state index in [1.54, 1.807) is 0 Å². The van der Waals surface area contributed by atoms with Gasteiger partial charge in [-0.3, -0.25) is 9.79 Å². The lowest BCUT2D eigenvalue weighted by Crippen LogP contribution is -2.40. The molecule has 25 heavy (non-hydrogen) atoms. The van der Waals surface area contributed by atoms with Gasteiger partial charge in [0.25, 0.3) is 0 Å². The van der Waals surface area contributed by atoms with Crippen LogP contribution in [0.15, 0.2) is 4.99 Å². The smallest absolute Gasteiger partial charge is 0.220 e. The molecule has 148 valence electrons. The van der Waals surface area contributed by atoms with E-state index in [0.717, 1.165) is 57.9 Å². The summed E-state index contributed by atoms with van der Waals surface area (Å²) >= 11 is 1.90. The highest BCUT2D eigenvalue weighted by Crippen LogP contribution is 2.16. The Morgan fingerprint density at radius 2 is 1.76 bits per heavy atom. The number of piperidine rings is 1. The molecule has 0 aliphatic carbocycles. The standard InChI is InChI=1S/C17H35N5OS.HI/c1-19-17(21-10-4-6-14-24-2)20-9-3-5-11-22-12-7-15(8-13-22)16(18)23;/h15H,3-14H2,1-2H3,(H2,18,23)(H2,19,20,21);1H. The van der Waals surface area contributed by atoms with Crippen LogP contribution in [0, 0.1) is 5.92 Å². The quantitative estimate of drug-likeness (QED) is 0.180. The maximum atomic E-state index is 11.2. The highest BCUT2D eigenvalue weighted by atomic mass is 127. The number of unbranched alkanes of at least 4 members (excludes halogenated alkanes) is 2. The van der Waals surface area contributed by atoms with Crippen molar-refractivity contribution >= 4 is 47.6 Å². The number of hydrogen-bond donors (Lipinski definition) is 3. The van der Waals surface area contributed by atoms with Crippen LogP contribution in [0.25, 0.3) is 0 Å². The fourth-order valence-electron chi connectivity index (χ4n) is 2.91. The van der Waals surface area contributed by atoms with E-state index in [4.69, 9.17) is 5.73 Å². The van der Waals surface area contributed by atoms with Crippen molar-refractivity contribution in [3.8, 4) is 0 Å². The normalized spacial score (nSPS) is 16.3. The predicted molar refractivity (Wildman–Crippen MR) is 120 cm³/mol. The molecule has 0 spiro atoms. The Morgan fingerprint density at radius 1 is 1.16 bits per heavy atom. The van der Waals surface area contributed by atoms with E-state index in [0.29, 0.717) is 0 Å². The third-order valence-electron chi connectivity index (χ3n) is 4.47. The first-order valence-corrected chi connectivity index (χ1v) is 10.5. The van der Waals surface area contributed by atoms with Crippen LogP contribution in [0.3, 0.4) is 0 Å². The van der Waals surface area contributed by atoms with Crippen LogP contribution in [0.2, 0.25) is 0 Å². The number of primary amides is 1. The second-order valence-corrected chi connectivity index (χ2v) is 7.34. The van der Waals surface area contributed by atoms with Crippen LogP contribution in [0.4, 0.5) is 0 Å². The van der Waals surface area contributed by atoms with Crippen molar-refractivity contribution in [2.24, 2.45) is 16.6 Å². The Morgan fingerprint density at radius 3 is 2.28 bits per heavy atom. The molecule has 0 aromatic heterocycles. The number of rotatable bonds is 11. The molecule has 0 aromatic rings. The number of likely N-dealkylation sites (tertiary alicyclic amines) is 1. The number of aliphatic imine (C=N–C) groups is 1. The predicted octanol–water partition coefficient (Wildman–Crippen LogP) is 1.89. The number of amides is 1. The average molecular weight is 485 g/mol. The largest absolute Gasteiger partial charge is 0.369 e. The van der Waals surface area contributed by atoms with Crippen molar-refractivity contribution in [2.75, 3.05) is 51.8 Å². The van der Waals surface area contributed by atoms with Gasteiger partial charge in [0.05, 0.1) is 0 Å². The van der Waals surface area contributed by atoms with E-state index in [9.17, 15) is 4.79 Å². The minimum absolute atomic E-state index is 0. The molecule has 8 heteroatoms. The fraction of sp³-hybridized carbons (Fsp3) is 0.882. The van der Waals surface area contributed by atoms with E-state index >= 15 is 0 Å². The van der Waals surface area contributed by atoms with Gasteiger partial charge in [-0.25, -0.2) is 0 Å². The number of carbonyl (C=O) groups is 1. The van der Waals surface area contributed by atoms with Crippen LogP contribution in [-0.4, -0.2) is 68.5 Å². The van der Waals surface area contributed by atoms with Gasteiger partial charge in [0, 0.05) is 26.1 Å². The van der Waals surface area contributed by atoms with Crippen LogP contribution >= 0.6 is 35.7 Å². The summed E-state index contributed by atoms with van der Waals surface area (Å²) in [4.78, 5) is 17.9. The Kier molecular flexibility index (Phi) is 15.8. The van der Waals surface area contributed by atoms with Crippen molar-refractivity contribution < 1.29 is 4.79 Å². The number of guanidine groups is 1. The van der Waals surface area contributed by atoms with Gasteiger partial charge < -0.3 is 21.3 Å². The third kappa shape index (κ3) is 11.9. The molecule has 0 radical (unpaired) electrons. The number of nitrogens with two attached hydrogens (primary N) is 1. The van der Waals surface area contributed by atoms with Gasteiger partial charge in [0.1, 0.15) is 0 Å². The van der Waals surface area contributed by atoms with E-state index in [1.807, 2.05) is 18.8 Å². The zero-order valence-corrected chi connectivity index (χ0v) is 18.9. The van der Waals surface area contributed by atoms with E-state index < -0.39 is 0 Å². The highest BCUT2D eigenvalue weighted by Gasteiger charge is 2.22. The van der Waals surface area contributed by atoms with Crippen molar-refractivity contribution in [1.29, 1.82) is 0 Å². The Bertz CT molecular complexity index is 376. The number of thioether (sulfide) groups is 1. The van der Waals surface area contributed by atoms with Gasteiger partial charge in [-0.1, -0.05) is 0 Å². The van der Waals surface area contributed by atoms with E-state index in [2.05, 4.69) is 26.8 Å². The Labute approximate surface area is 174 Å². The third-order valence-corrected chi connectivity index (χ3v) is 5.17. The lowest BCUT2D eigenvalue weighted by atomic mass is 9.96.